The second-order valence-corrected chi connectivity index (χ2v) is 7.01. The van der Waals surface area contributed by atoms with E-state index in [0.29, 0.717) is 12.6 Å². The Morgan fingerprint density at radius 1 is 1.11 bits per heavy atom. The Kier molecular flexibility index (Phi) is 7.22. The number of carbonyl (C=O) groups is 1. The van der Waals surface area contributed by atoms with Crippen molar-refractivity contribution < 1.29 is 9.53 Å². The fraction of sp³-hybridized carbons (Fsp3) is 0.455. The van der Waals surface area contributed by atoms with Crippen molar-refractivity contribution in [2.45, 2.75) is 38.6 Å². The number of pyridine rings is 1. The number of nitrogens with zero attached hydrogens (tertiary/aromatic N) is 2. The number of aromatic nitrogens is 1. The molecule has 0 unspecified atom stereocenters. The highest BCUT2D eigenvalue weighted by Crippen LogP contribution is 2.23. The Balaban J connectivity index is 1.42. The third-order valence-electron chi connectivity index (χ3n) is 4.93. The van der Waals surface area contributed by atoms with Crippen LogP contribution in [0.25, 0.3) is 11.3 Å². The first-order valence-corrected chi connectivity index (χ1v) is 9.86. The van der Waals surface area contributed by atoms with E-state index in [1.54, 1.807) is 0 Å². The van der Waals surface area contributed by atoms with E-state index >= 15 is 0 Å². The van der Waals surface area contributed by atoms with E-state index in [4.69, 9.17) is 9.72 Å². The van der Waals surface area contributed by atoms with Gasteiger partial charge in [-0.1, -0.05) is 36.4 Å². The highest BCUT2D eigenvalue weighted by Gasteiger charge is 2.19. The molecule has 0 aliphatic carbocycles. The van der Waals surface area contributed by atoms with Crippen LogP contribution >= 0.6 is 0 Å². The summed E-state index contributed by atoms with van der Waals surface area (Å²) >= 11 is 0. The first-order valence-electron chi connectivity index (χ1n) is 9.86. The van der Waals surface area contributed by atoms with Crippen LogP contribution in [0.1, 0.15) is 32.6 Å². The summed E-state index contributed by atoms with van der Waals surface area (Å²) in [6.07, 6.45) is 4.21. The maximum atomic E-state index is 10.7. The molecule has 0 bridgehead atoms. The predicted molar refractivity (Wildman–Crippen MR) is 109 cm³/mol. The number of hydrogen-bond acceptors (Lipinski definition) is 5. The molecule has 0 amide bonds. The van der Waals surface area contributed by atoms with Crippen LogP contribution in [0.3, 0.4) is 0 Å². The van der Waals surface area contributed by atoms with Crippen molar-refractivity contribution in [2.75, 3.05) is 31.1 Å². The lowest BCUT2D eigenvalue weighted by Crippen LogP contribution is -2.43. The summed E-state index contributed by atoms with van der Waals surface area (Å²) < 4.78 is 4.96. The molecule has 0 atom stereocenters. The lowest BCUT2D eigenvalue weighted by Gasteiger charge is -2.33. The molecule has 1 fully saturated rings. The van der Waals surface area contributed by atoms with E-state index in [1.807, 2.05) is 18.2 Å². The van der Waals surface area contributed by atoms with Gasteiger partial charge in [0.05, 0.1) is 12.3 Å². The zero-order valence-electron chi connectivity index (χ0n) is 16.1. The molecule has 1 aliphatic heterocycles. The summed E-state index contributed by atoms with van der Waals surface area (Å²) in [5, 5.41) is 3.63. The van der Waals surface area contributed by atoms with Crippen LogP contribution < -0.4 is 10.2 Å². The zero-order chi connectivity index (χ0) is 18.9. The van der Waals surface area contributed by atoms with Crippen LogP contribution in [0.15, 0.2) is 48.5 Å². The molecule has 1 N–H and O–H groups in total. The highest BCUT2D eigenvalue weighted by molar-refractivity contribution is 5.65. The normalized spacial score (nSPS) is 14.9. The number of unbranched alkanes of at least 4 members (excludes halogenated alkanes) is 1. The van der Waals surface area contributed by atoms with Crippen LogP contribution in [-0.4, -0.2) is 43.2 Å². The molecule has 2 heterocycles. The minimum absolute atomic E-state index is 0.194. The SMILES string of the molecule is CC(=O)OCCCCNC1CCN(c2cccc(-c3ccccc3)n2)CC1. The molecular formula is C22H29N3O2. The molecule has 2 aromatic rings. The topological polar surface area (TPSA) is 54.5 Å². The molecule has 144 valence electrons. The van der Waals surface area contributed by atoms with Crippen LogP contribution in [0.4, 0.5) is 5.82 Å². The van der Waals surface area contributed by atoms with E-state index in [2.05, 4.69) is 40.5 Å². The number of anilines is 1. The number of hydrogen-bond donors (Lipinski definition) is 1. The van der Waals surface area contributed by atoms with Crippen molar-refractivity contribution in [3.05, 3.63) is 48.5 Å². The van der Waals surface area contributed by atoms with Crippen LogP contribution in [0.5, 0.6) is 0 Å². The summed E-state index contributed by atoms with van der Waals surface area (Å²) in [7, 11) is 0. The minimum atomic E-state index is -0.194. The first-order chi connectivity index (χ1) is 13.2. The lowest BCUT2D eigenvalue weighted by atomic mass is 10.0. The van der Waals surface area contributed by atoms with E-state index in [9.17, 15) is 4.79 Å². The van der Waals surface area contributed by atoms with Crippen LogP contribution in [-0.2, 0) is 9.53 Å². The molecule has 3 rings (SSSR count). The second kappa shape index (κ2) is 10.1. The number of ether oxygens (including phenoxy) is 1. The Hall–Kier alpha value is -2.40. The van der Waals surface area contributed by atoms with Gasteiger partial charge in [0.1, 0.15) is 5.82 Å². The molecule has 1 aliphatic rings. The van der Waals surface area contributed by atoms with Gasteiger partial charge in [0, 0.05) is 31.6 Å². The number of esters is 1. The molecule has 1 aromatic heterocycles. The minimum Gasteiger partial charge on any atom is -0.466 e. The van der Waals surface area contributed by atoms with Crippen molar-refractivity contribution in [1.29, 1.82) is 0 Å². The third-order valence-corrected chi connectivity index (χ3v) is 4.93. The van der Waals surface area contributed by atoms with Crippen molar-refractivity contribution in [1.82, 2.24) is 10.3 Å². The van der Waals surface area contributed by atoms with Crippen molar-refractivity contribution >= 4 is 11.8 Å². The molecule has 5 heteroatoms. The molecule has 27 heavy (non-hydrogen) atoms. The van der Waals surface area contributed by atoms with Gasteiger partial charge >= 0.3 is 5.97 Å². The van der Waals surface area contributed by atoms with Gasteiger partial charge in [-0.15, -0.1) is 0 Å². The quantitative estimate of drug-likeness (QED) is 0.570. The Morgan fingerprint density at radius 2 is 1.89 bits per heavy atom. The van der Waals surface area contributed by atoms with Gasteiger partial charge in [-0.2, -0.15) is 0 Å². The summed E-state index contributed by atoms with van der Waals surface area (Å²) in [6, 6.07) is 17.2. The number of carbonyl (C=O) groups excluding carboxylic acids is 1. The van der Waals surface area contributed by atoms with Gasteiger partial charge in [0.2, 0.25) is 0 Å². The van der Waals surface area contributed by atoms with E-state index in [0.717, 1.165) is 62.4 Å². The average molecular weight is 367 g/mol. The maximum absolute atomic E-state index is 10.7. The summed E-state index contributed by atoms with van der Waals surface area (Å²) in [5.74, 6) is 0.872. The van der Waals surface area contributed by atoms with Gasteiger partial charge in [-0.25, -0.2) is 4.98 Å². The fourth-order valence-electron chi connectivity index (χ4n) is 3.43. The summed E-state index contributed by atoms with van der Waals surface area (Å²) in [6.45, 7) is 5.01. The monoisotopic (exact) mass is 367 g/mol. The highest BCUT2D eigenvalue weighted by atomic mass is 16.5. The molecule has 1 aromatic carbocycles. The second-order valence-electron chi connectivity index (χ2n) is 7.01. The zero-order valence-corrected chi connectivity index (χ0v) is 16.1. The van der Waals surface area contributed by atoms with Crippen LogP contribution in [0, 0.1) is 0 Å². The first kappa shape index (κ1) is 19.4. The van der Waals surface area contributed by atoms with Crippen molar-refractivity contribution in [3.8, 4) is 11.3 Å². The van der Waals surface area contributed by atoms with Crippen LogP contribution in [0.2, 0.25) is 0 Å². The van der Waals surface area contributed by atoms with Gasteiger partial charge in [0.15, 0.2) is 0 Å². The van der Waals surface area contributed by atoms with E-state index in [1.165, 1.54) is 6.92 Å². The largest absolute Gasteiger partial charge is 0.466 e. The van der Waals surface area contributed by atoms with Gasteiger partial charge in [0.25, 0.3) is 0 Å². The van der Waals surface area contributed by atoms with E-state index < -0.39 is 0 Å². The smallest absolute Gasteiger partial charge is 0.302 e. The number of benzene rings is 1. The average Bonchev–Trinajstić information content (AvgIpc) is 2.71. The molecule has 5 nitrogen and oxygen atoms in total. The Morgan fingerprint density at radius 3 is 2.63 bits per heavy atom. The number of rotatable bonds is 8. The summed E-state index contributed by atoms with van der Waals surface area (Å²) in [4.78, 5) is 18.0. The Bertz CT molecular complexity index is 713. The molecule has 0 radical (unpaired) electrons. The lowest BCUT2D eigenvalue weighted by molar-refractivity contribution is -0.141. The predicted octanol–water partition coefficient (Wildman–Crippen LogP) is 3.65. The van der Waals surface area contributed by atoms with Gasteiger partial charge < -0.3 is 15.0 Å². The fourth-order valence-corrected chi connectivity index (χ4v) is 3.43. The number of piperidine rings is 1. The van der Waals surface area contributed by atoms with Crippen molar-refractivity contribution in [3.63, 3.8) is 0 Å². The molecular weight excluding hydrogens is 338 g/mol. The van der Waals surface area contributed by atoms with Gasteiger partial charge in [-0.3, -0.25) is 4.79 Å². The molecule has 1 saturated heterocycles. The number of nitrogens with one attached hydrogen (secondary N) is 1. The molecule has 0 saturated carbocycles. The van der Waals surface area contributed by atoms with Gasteiger partial charge in [-0.05, 0) is 44.4 Å². The van der Waals surface area contributed by atoms with Crippen molar-refractivity contribution in [2.24, 2.45) is 0 Å². The maximum Gasteiger partial charge on any atom is 0.302 e. The van der Waals surface area contributed by atoms with E-state index in [-0.39, 0.29) is 5.97 Å². The molecule has 0 spiro atoms. The standard InChI is InChI=1S/C22H29N3O2/c1-18(26)27-17-6-5-14-23-20-12-15-25(16-13-20)22-11-7-10-21(24-22)19-8-3-2-4-9-19/h2-4,7-11,20,23H,5-6,12-17H2,1H3. The third kappa shape index (κ3) is 6.07. The summed E-state index contributed by atoms with van der Waals surface area (Å²) in [5.41, 5.74) is 2.19. The Labute approximate surface area is 161 Å².